The highest BCUT2D eigenvalue weighted by Crippen LogP contribution is 2.34. The quantitative estimate of drug-likeness (QED) is 0.536. The molecule has 0 saturated heterocycles. The minimum Gasteiger partial charge on any atom is -0.479 e. The lowest BCUT2D eigenvalue weighted by molar-refractivity contribution is 0.00416. The second-order valence-corrected chi connectivity index (χ2v) is 6.29. The van der Waals surface area contributed by atoms with E-state index in [1.807, 2.05) is 0 Å². The highest BCUT2D eigenvalue weighted by atomic mass is 31.2. The van der Waals surface area contributed by atoms with Crippen LogP contribution in [0.15, 0.2) is 6.33 Å². The lowest BCUT2D eigenvalue weighted by Gasteiger charge is -2.18. The molecule has 0 aromatic carbocycles. The fourth-order valence-corrected chi connectivity index (χ4v) is 2.38. The number of ether oxygens (including phenoxy) is 3. The standard InChI is InChI=1S/C11H18N5O6P/c1-20-4-7(22-6-23(17,18)19)3-16-5-13-8-9(16)14-11(12)15-10(8)21-2/h5,7H,3-4,6H2,1-2H3,(H2,12,14,15)(H2,17,18,19)/t7-/m0/s1. The van der Waals surface area contributed by atoms with Gasteiger partial charge in [-0.25, -0.2) is 4.98 Å². The molecule has 2 aromatic heterocycles. The Hall–Kier alpha value is -1.78. The highest BCUT2D eigenvalue weighted by Gasteiger charge is 2.20. The highest BCUT2D eigenvalue weighted by molar-refractivity contribution is 7.51. The summed E-state index contributed by atoms with van der Waals surface area (Å²) in [5.41, 5.74) is 6.48. The predicted molar refractivity (Wildman–Crippen MR) is 79.9 cm³/mol. The zero-order chi connectivity index (χ0) is 17.0. The van der Waals surface area contributed by atoms with Crippen LogP contribution in [-0.2, 0) is 20.6 Å². The Labute approximate surface area is 131 Å². The van der Waals surface area contributed by atoms with Crippen molar-refractivity contribution in [3.8, 4) is 5.88 Å². The number of aromatic nitrogens is 4. The largest absolute Gasteiger partial charge is 0.479 e. The van der Waals surface area contributed by atoms with Gasteiger partial charge in [-0.05, 0) is 0 Å². The molecule has 128 valence electrons. The van der Waals surface area contributed by atoms with Gasteiger partial charge in [-0.1, -0.05) is 0 Å². The number of nitrogens with two attached hydrogens (primary N) is 1. The third-order valence-electron chi connectivity index (χ3n) is 2.87. The van der Waals surface area contributed by atoms with Crippen LogP contribution >= 0.6 is 7.60 Å². The molecular formula is C11H18N5O6P. The van der Waals surface area contributed by atoms with E-state index >= 15 is 0 Å². The average molecular weight is 347 g/mol. The topological polar surface area (TPSA) is 155 Å². The van der Waals surface area contributed by atoms with Gasteiger partial charge in [0.2, 0.25) is 11.8 Å². The summed E-state index contributed by atoms with van der Waals surface area (Å²) in [5.74, 6) is 0.265. The van der Waals surface area contributed by atoms with E-state index in [4.69, 9.17) is 29.7 Å². The number of hydrogen-bond donors (Lipinski definition) is 3. The fraction of sp³-hybridized carbons (Fsp3) is 0.545. The molecule has 0 aliphatic carbocycles. The summed E-state index contributed by atoms with van der Waals surface area (Å²) in [4.78, 5) is 30.0. The van der Waals surface area contributed by atoms with Crippen LogP contribution in [0.1, 0.15) is 0 Å². The zero-order valence-electron chi connectivity index (χ0n) is 12.6. The van der Waals surface area contributed by atoms with Crippen molar-refractivity contribution in [2.75, 3.05) is 32.9 Å². The summed E-state index contributed by atoms with van der Waals surface area (Å²) in [6.45, 7) is 0.349. The molecule has 0 aliphatic rings. The Morgan fingerprint density at radius 3 is 2.74 bits per heavy atom. The Morgan fingerprint density at radius 2 is 2.13 bits per heavy atom. The van der Waals surface area contributed by atoms with Crippen molar-refractivity contribution < 1.29 is 28.6 Å². The summed E-state index contributed by atoms with van der Waals surface area (Å²) in [6, 6.07) is 0. The number of methoxy groups -OCH3 is 2. The van der Waals surface area contributed by atoms with Crippen LogP contribution in [0.4, 0.5) is 5.95 Å². The molecule has 4 N–H and O–H groups in total. The number of fused-ring (bicyclic) bond motifs is 1. The molecule has 0 fully saturated rings. The van der Waals surface area contributed by atoms with E-state index in [-0.39, 0.29) is 25.0 Å². The van der Waals surface area contributed by atoms with Crippen molar-refractivity contribution >= 4 is 24.7 Å². The molecule has 0 spiro atoms. The molecule has 0 aliphatic heterocycles. The normalized spacial score (nSPS) is 13.4. The Balaban J connectivity index is 2.24. The maximum Gasteiger partial charge on any atom is 0.350 e. The van der Waals surface area contributed by atoms with E-state index < -0.39 is 20.0 Å². The molecule has 11 nitrogen and oxygen atoms in total. The first kappa shape index (κ1) is 17.6. The van der Waals surface area contributed by atoms with Crippen LogP contribution in [-0.4, -0.2) is 62.6 Å². The number of rotatable bonds is 8. The molecule has 2 heterocycles. The lowest BCUT2D eigenvalue weighted by atomic mass is 10.3. The van der Waals surface area contributed by atoms with Gasteiger partial charge in [0.1, 0.15) is 6.35 Å². The minimum atomic E-state index is -4.27. The second kappa shape index (κ2) is 7.20. The number of nitrogens with zero attached hydrogens (tertiary/aromatic N) is 4. The van der Waals surface area contributed by atoms with E-state index in [0.29, 0.717) is 11.2 Å². The van der Waals surface area contributed by atoms with Crippen LogP contribution < -0.4 is 10.5 Å². The van der Waals surface area contributed by atoms with E-state index in [1.54, 1.807) is 4.57 Å². The van der Waals surface area contributed by atoms with Crippen molar-refractivity contribution in [1.82, 2.24) is 19.5 Å². The number of nitrogen functional groups attached to an aromatic ring is 1. The first-order chi connectivity index (χ1) is 10.8. The Morgan fingerprint density at radius 1 is 1.39 bits per heavy atom. The molecule has 2 aromatic rings. The molecular weight excluding hydrogens is 329 g/mol. The van der Waals surface area contributed by atoms with Gasteiger partial charge in [-0.15, -0.1) is 0 Å². The fourth-order valence-electron chi connectivity index (χ4n) is 1.97. The number of hydrogen-bond acceptors (Lipinski definition) is 8. The molecule has 0 saturated carbocycles. The molecule has 2 rings (SSSR count). The van der Waals surface area contributed by atoms with Crippen LogP contribution in [0.25, 0.3) is 11.2 Å². The minimum absolute atomic E-state index is 0.0236. The smallest absolute Gasteiger partial charge is 0.350 e. The van der Waals surface area contributed by atoms with Crippen molar-refractivity contribution in [3.05, 3.63) is 6.33 Å². The second-order valence-electron chi connectivity index (χ2n) is 4.70. The van der Waals surface area contributed by atoms with Gasteiger partial charge < -0.3 is 34.3 Å². The van der Waals surface area contributed by atoms with Crippen molar-refractivity contribution in [2.45, 2.75) is 12.6 Å². The summed E-state index contributed by atoms with van der Waals surface area (Å²) in [6.07, 6.45) is 0.186. The van der Waals surface area contributed by atoms with Crippen molar-refractivity contribution in [2.24, 2.45) is 0 Å². The van der Waals surface area contributed by atoms with Gasteiger partial charge in [-0.3, -0.25) is 4.57 Å². The van der Waals surface area contributed by atoms with Crippen LogP contribution in [0.3, 0.4) is 0 Å². The van der Waals surface area contributed by atoms with E-state index in [2.05, 4.69) is 15.0 Å². The molecule has 0 unspecified atom stereocenters. The predicted octanol–water partition coefficient (Wildman–Crippen LogP) is -0.416. The van der Waals surface area contributed by atoms with Gasteiger partial charge in [-0.2, -0.15) is 9.97 Å². The summed E-state index contributed by atoms with van der Waals surface area (Å²) in [7, 11) is -1.37. The summed E-state index contributed by atoms with van der Waals surface area (Å²) >= 11 is 0. The average Bonchev–Trinajstić information content (AvgIpc) is 2.86. The van der Waals surface area contributed by atoms with Crippen LogP contribution in [0.2, 0.25) is 0 Å². The maximum atomic E-state index is 10.9. The van der Waals surface area contributed by atoms with E-state index in [1.165, 1.54) is 20.5 Å². The molecule has 23 heavy (non-hydrogen) atoms. The van der Waals surface area contributed by atoms with E-state index in [9.17, 15) is 4.57 Å². The molecule has 0 radical (unpaired) electrons. The van der Waals surface area contributed by atoms with Crippen LogP contribution in [0.5, 0.6) is 5.88 Å². The molecule has 12 heteroatoms. The van der Waals surface area contributed by atoms with E-state index in [0.717, 1.165) is 0 Å². The SMILES string of the molecule is COC[C@H](Cn1cnc2c(OC)nc(N)nc21)OCP(=O)(O)O. The first-order valence-corrected chi connectivity index (χ1v) is 8.31. The van der Waals surface area contributed by atoms with Crippen molar-refractivity contribution in [1.29, 1.82) is 0 Å². The first-order valence-electron chi connectivity index (χ1n) is 6.51. The lowest BCUT2D eigenvalue weighted by Crippen LogP contribution is -2.25. The van der Waals surface area contributed by atoms with Gasteiger partial charge in [0.25, 0.3) is 0 Å². The molecule has 1 atom stereocenters. The zero-order valence-corrected chi connectivity index (χ0v) is 13.5. The van der Waals surface area contributed by atoms with Crippen LogP contribution in [0, 0.1) is 0 Å². The Bertz CT molecular complexity index is 716. The maximum absolute atomic E-state index is 10.9. The van der Waals surface area contributed by atoms with Gasteiger partial charge >= 0.3 is 7.60 Å². The van der Waals surface area contributed by atoms with Crippen molar-refractivity contribution in [3.63, 3.8) is 0 Å². The summed E-state index contributed by atoms with van der Waals surface area (Å²) < 4.78 is 27.9. The third kappa shape index (κ3) is 4.60. The van der Waals surface area contributed by atoms with Gasteiger partial charge in [0.15, 0.2) is 11.2 Å². The third-order valence-corrected chi connectivity index (χ3v) is 3.36. The number of anilines is 1. The van der Waals surface area contributed by atoms with Gasteiger partial charge in [0, 0.05) is 7.11 Å². The monoisotopic (exact) mass is 347 g/mol. The number of imidazole rings is 1. The van der Waals surface area contributed by atoms with Gasteiger partial charge in [0.05, 0.1) is 32.7 Å². The summed E-state index contributed by atoms with van der Waals surface area (Å²) in [5, 5.41) is 0. The Kier molecular flexibility index (Phi) is 5.50. The molecule has 0 bridgehead atoms. The molecule has 0 amide bonds.